The van der Waals surface area contributed by atoms with Crippen molar-refractivity contribution in [3.8, 4) is 5.75 Å². The van der Waals surface area contributed by atoms with Crippen LogP contribution in [0, 0.1) is 0 Å². The fourth-order valence-electron chi connectivity index (χ4n) is 2.80. The van der Waals surface area contributed by atoms with E-state index >= 15 is 0 Å². The highest BCUT2D eigenvalue weighted by Crippen LogP contribution is 2.29. The van der Waals surface area contributed by atoms with Crippen molar-refractivity contribution in [2.45, 2.75) is 37.5 Å². The van der Waals surface area contributed by atoms with E-state index in [4.69, 9.17) is 4.74 Å². The number of methoxy groups -OCH3 is 1. The van der Waals surface area contributed by atoms with Gasteiger partial charge < -0.3 is 9.64 Å². The molecule has 1 aromatic rings. The van der Waals surface area contributed by atoms with Crippen molar-refractivity contribution in [2.24, 2.45) is 0 Å². The third-order valence-corrected chi connectivity index (χ3v) is 6.33. The van der Waals surface area contributed by atoms with Crippen LogP contribution < -0.4 is 4.74 Å². The Bertz CT molecular complexity index is 680. The molecule has 0 saturated carbocycles. The van der Waals surface area contributed by atoms with Crippen LogP contribution in [-0.2, 0) is 10.0 Å². The summed E-state index contributed by atoms with van der Waals surface area (Å²) in [5.41, 5.74) is 0.355. The molecule has 0 radical (unpaired) electrons. The molecule has 0 bridgehead atoms. The molecular weight excluding hydrogens is 328 g/mol. The summed E-state index contributed by atoms with van der Waals surface area (Å²) < 4.78 is 32.9. The van der Waals surface area contributed by atoms with E-state index in [1.807, 2.05) is 6.92 Å². The van der Waals surface area contributed by atoms with Gasteiger partial charge in [0.05, 0.1) is 7.11 Å². The van der Waals surface area contributed by atoms with E-state index in [2.05, 4.69) is 0 Å². The van der Waals surface area contributed by atoms with Gasteiger partial charge in [-0.1, -0.05) is 12.8 Å². The van der Waals surface area contributed by atoms with Gasteiger partial charge in [-0.2, -0.15) is 4.31 Å². The van der Waals surface area contributed by atoms with Crippen LogP contribution in [0.1, 0.15) is 43.0 Å². The molecule has 24 heavy (non-hydrogen) atoms. The van der Waals surface area contributed by atoms with Crippen molar-refractivity contribution in [1.29, 1.82) is 0 Å². The number of hydrogen-bond donors (Lipinski definition) is 0. The van der Waals surface area contributed by atoms with Gasteiger partial charge in [0.1, 0.15) is 10.6 Å². The average molecular weight is 354 g/mol. The highest BCUT2D eigenvalue weighted by molar-refractivity contribution is 7.89. The molecule has 1 amide bonds. The lowest BCUT2D eigenvalue weighted by Gasteiger charge is -2.22. The van der Waals surface area contributed by atoms with E-state index in [0.717, 1.165) is 25.7 Å². The second kappa shape index (κ2) is 7.98. The maximum absolute atomic E-state index is 13.1. The Morgan fingerprint density at radius 1 is 1.21 bits per heavy atom. The summed E-state index contributed by atoms with van der Waals surface area (Å²) >= 11 is 0. The lowest BCUT2D eigenvalue weighted by atomic mass is 10.2. The number of sulfonamides is 1. The Morgan fingerprint density at radius 2 is 1.83 bits per heavy atom. The van der Waals surface area contributed by atoms with E-state index in [1.54, 1.807) is 24.1 Å². The summed E-state index contributed by atoms with van der Waals surface area (Å²) in [5.74, 6) is 0.0717. The Morgan fingerprint density at radius 3 is 2.38 bits per heavy atom. The number of ether oxygens (including phenoxy) is 1. The van der Waals surface area contributed by atoms with Crippen LogP contribution in [-0.4, -0.2) is 57.3 Å². The minimum atomic E-state index is -3.68. The predicted octanol–water partition coefficient (Wildman–Crippen LogP) is 2.35. The Hall–Kier alpha value is -1.60. The van der Waals surface area contributed by atoms with Crippen LogP contribution in [0.3, 0.4) is 0 Å². The van der Waals surface area contributed by atoms with E-state index in [-0.39, 0.29) is 16.6 Å². The molecule has 1 heterocycles. The number of carbonyl (C=O) groups is 1. The first-order valence-electron chi connectivity index (χ1n) is 8.35. The predicted molar refractivity (Wildman–Crippen MR) is 92.9 cm³/mol. The normalized spacial score (nSPS) is 16.5. The standard InChI is InChI=1S/C17H26N2O4S/c1-4-18(2)17(20)14-9-10-15(23-3)16(13-14)24(21,22)19-11-7-5-6-8-12-19/h9-10,13H,4-8,11-12H2,1-3H3. The van der Waals surface area contributed by atoms with Crippen LogP contribution in [0.5, 0.6) is 5.75 Å². The monoisotopic (exact) mass is 354 g/mol. The lowest BCUT2D eigenvalue weighted by molar-refractivity contribution is 0.0802. The van der Waals surface area contributed by atoms with Crippen molar-refractivity contribution < 1.29 is 17.9 Å². The van der Waals surface area contributed by atoms with Crippen molar-refractivity contribution in [2.75, 3.05) is 33.8 Å². The molecule has 0 unspecified atom stereocenters. The summed E-state index contributed by atoms with van der Waals surface area (Å²) in [5, 5.41) is 0. The molecular formula is C17H26N2O4S. The molecule has 134 valence electrons. The summed E-state index contributed by atoms with van der Waals surface area (Å²) in [6.07, 6.45) is 3.81. The Labute approximate surface area is 144 Å². The highest BCUT2D eigenvalue weighted by atomic mass is 32.2. The van der Waals surface area contributed by atoms with Crippen molar-refractivity contribution in [3.63, 3.8) is 0 Å². The zero-order valence-electron chi connectivity index (χ0n) is 14.6. The van der Waals surface area contributed by atoms with Gasteiger partial charge in [-0.25, -0.2) is 8.42 Å². The van der Waals surface area contributed by atoms with E-state index < -0.39 is 10.0 Å². The van der Waals surface area contributed by atoms with Crippen LogP contribution in [0.4, 0.5) is 0 Å². The van der Waals surface area contributed by atoms with Crippen molar-refractivity contribution in [3.05, 3.63) is 23.8 Å². The van der Waals surface area contributed by atoms with Crippen molar-refractivity contribution in [1.82, 2.24) is 9.21 Å². The van der Waals surface area contributed by atoms with Crippen LogP contribution >= 0.6 is 0 Å². The van der Waals surface area contributed by atoms with Gasteiger partial charge in [-0.3, -0.25) is 4.79 Å². The summed E-state index contributed by atoms with van der Waals surface area (Å²) in [6, 6.07) is 4.60. The molecule has 1 aromatic carbocycles. The molecule has 0 aromatic heterocycles. The number of benzene rings is 1. The third-order valence-electron chi connectivity index (χ3n) is 4.41. The molecule has 6 nitrogen and oxygen atoms in total. The summed E-state index contributed by atoms with van der Waals surface area (Å²) in [6.45, 7) is 3.45. The Balaban J connectivity index is 2.44. The summed E-state index contributed by atoms with van der Waals surface area (Å²) in [4.78, 5) is 14.0. The van der Waals surface area contributed by atoms with E-state index in [1.165, 1.54) is 17.5 Å². The van der Waals surface area contributed by atoms with Crippen LogP contribution in [0.2, 0.25) is 0 Å². The lowest BCUT2D eigenvalue weighted by Crippen LogP contribution is -2.32. The first-order valence-corrected chi connectivity index (χ1v) is 9.79. The zero-order valence-corrected chi connectivity index (χ0v) is 15.4. The molecule has 0 aliphatic carbocycles. The smallest absolute Gasteiger partial charge is 0.253 e. The number of amides is 1. The van der Waals surface area contributed by atoms with Crippen LogP contribution in [0.25, 0.3) is 0 Å². The minimum absolute atomic E-state index is 0.0715. The quantitative estimate of drug-likeness (QED) is 0.814. The first kappa shape index (κ1) is 18.7. The fraction of sp³-hybridized carbons (Fsp3) is 0.588. The van der Waals surface area contributed by atoms with Gasteiger partial charge in [0, 0.05) is 32.2 Å². The summed E-state index contributed by atoms with van der Waals surface area (Å²) in [7, 11) is -0.548. The van der Waals surface area contributed by atoms with Gasteiger partial charge in [0.2, 0.25) is 10.0 Å². The SMILES string of the molecule is CCN(C)C(=O)c1ccc(OC)c(S(=O)(=O)N2CCCCCC2)c1. The molecule has 1 aliphatic rings. The number of hydrogen-bond acceptors (Lipinski definition) is 4. The molecule has 7 heteroatoms. The second-order valence-electron chi connectivity index (χ2n) is 6.00. The molecule has 0 spiro atoms. The molecule has 2 rings (SSSR count). The van der Waals surface area contributed by atoms with Gasteiger partial charge in [-0.15, -0.1) is 0 Å². The van der Waals surface area contributed by atoms with Gasteiger partial charge in [0.15, 0.2) is 0 Å². The Kier molecular flexibility index (Phi) is 6.23. The maximum Gasteiger partial charge on any atom is 0.253 e. The molecule has 1 fully saturated rings. The molecule has 0 N–H and O–H groups in total. The molecule has 1 saturated heterocycles. The van der Waals surface area contributed by atoms with Crippen molar-refractivity contribution >= 4 is 15.9 Å². The average Bonchev–Trinajstić information content (AvgIpc) is 2.89. The molecule has 1 aliphatic heterocycles. The van der Waals surface area contributed by atoms with Gasteiger partial charge in [-0.05, 0) is 38.0 Å². The molecule has 0 atom stereocenters. The van der Waals surface area contributed by atoms with Crippen LogP contribution in [0.15, 0.2) is 23.1 Å². The topological polar surface area (TPSA) is 66.9 Å². The number of rotatable bonds is 5. The van der Waals surface area contributed by atoms with E-state index in [9.17, 15) is 13.2 Å². The van der Waals surface area contributed by atoms with Gasteiger partial charge in [0.25, 0.3) is 5.91 Å². The number of nitrogens with zero attached hydrogens (tertiary/aromatic N) is 2. The maximum atomic E-state index is 13.1. The zero-order chi connectivity index (χ0) is 17.7. The number of carbonyl (C=O) groups excluding carboxylic acids is 1. The van der Waals surface area contributed by atoms with Gasteiger partial charge >= 0.3 is 0 Å². The second-order valence-corrected chi connectivity index (χ2v) is 7.91. The first-order chi connectivity index (χ1) is 11.4. The minimum Gasteiger partial charge on any atom is -0.495 e. The third kappa shape index (κ3) is 3.89. The van der Waals surface area contributed by atoms with E-state index in [0.29, 0.717) is 25.2 Å². The fourth-order valence-corrected chi connectivity index (χ4v) is 4.50. The largest absolute Gasteiger partial charge is 0.495 e. The highest BCUT2D eigenvalue weighted by Gasteiger charge is 2.29.